The van der Waals surface area contributed by atoms with Crippen molar-refractivity contribution in [3.63, 3.8) is 0 Å². The third kappa shape index (κ3) is 2.35. The van der Waals surface area contributed by atoms with Crippen LogP contribution < -0.4 is 10.2 Å². The number of hydrogen-bond acceptors (Lipinski definition) is 3. The van der Waals surface area contributed by atoms with Gasteiger partial charge in [-0.1, -0.05) is 60.7 Å². The molecule has 6 rings (SSSR count). The highest BCUT2D eigenvalue weighted by atomic mass is 16.7. The molecule has 3 nitrogen and oxygen atoms in total. The maximum atomic E-state index is 6.58. The second-order valence-electron chi connectivity index (χ2n) is 9.24. The van der Waals surface area contributed by atoms with E-state index in [0.717, 1.165) is 27.9 Å². The van der Waals surface area contributed by atoms with Crippen LogP contribution in [0.25, 0.3) is 32.7 Å². The Hall–Kier alpha value is -2.82. The molecule has 0 saturated carbocycles. The van der Waals surface area contributed by atoms with E-state index in [9.17, 15) is 0 Å². The molecule has 0 aromatic heterocycles. The van der Waals surface area contributed by atoms with E-state index in [2.05, 4.69) is 88.4 Å². The lowest BCUT2D eigenvalue weighted by molar-refractivity contribution is 0.00578. The van der Waals surface area contributed by atoms with Crippen molar-refractivity contribution in [2.45, 2.75) is 38.9 Å². The highest BCUT2D eigenvalue weighted by molar-refractivity contribution is 6.63. The van der Waals surface area contributed by atoms with Gasteiger partial charge >= 0.3 is 7.12 Å². The minimum absolute atomic E-state index is 0.400. The summed E-state index contributed by atoms with van der Waals surface area (Å²) in [5.41, 5.74) is 2.40. The molecule has 4 aromatic carbocycles. The monoisotopic (exact) mass is 394 g/mol. The molecule has 0 atom stereocenters. The summed E-state index contributed by atoms with van der Waals surface area (Å²) >= 11 is 0. The van der Waals surface area contributed by atoms with Gasteiger partial charge in [0.1, 0.15) is 11.5 Å². The molecule has 0 radical (unpaired) electrons. The van der Waals surface area contributed by atoms with Crippen LogP contribution in [0.1, 0.15) is 27.7 Å². The van der Waals surface area contributed by atoms with Gasteiger partial charge in [0.15, 0.2) is 0 Å². The third-order valence-electron chi connectivity index (χ3n) is 6.90. The predicted molar refractivity (Wildman–Crippen MR) is 123 cm³/mol. The van der Waals surface area contributed by atoms with Crippen LogP contribution in [0.4, 0.5) is 0 Å². The van der Waals surface area contributed by atoms with Gasteiger partial charge in [-0.25, -0.2) is 0 Å². The molecule has 2 heterocycles. The molecule has 0 bridgehead atoms. The number of benzene rings is 4. The minimum atomic E-state index is -0.467. The van der Waals surface area contributed by atoms with Crippen molar-refractivity contribution < 1.29 is 14.0 Å². The molecule has 0 unspecified atom stereocenters. The highest BCUT2D eigenvalue weighted by Gasteiger charge is 2.52. The first kappa shape index (κ1) is 18.0. The molecular weight excluding hydrogens is 371 g/mol. The molecule has 30 heavy (non-hydrogen) atoms. The van der Waals surface area contributed by atoms with Crippen LogP contribution in [0, 0.1) is 0 Å². The summed E-state index contributed by atoms with van der Waals surface area (Å²) in [6, 6.07) is 23.3. The minimum Gasteiger partial charge on any atom is -0.456 e. The second-order valence-corrected chi connectivity index (χ2v) is 9.24. The van der Waals surface area contributed by atoms with Gasteiger partial charge in [0.25, 0.3) is 0 Å². The number of ether oxygens (including phenoxy) is 1. The fourth-order valence-corrected chi connectivity index (χ4v) is 4.58. The van der Waals surface area contributed by atoms with Gasteiger partial charge in [-0.2, -0.15) is 0 Å². The van der Waals surface area contributed by atoms with E-state index >= 15 is 0 Å². The lowest BCUT2D eigenvalue weighted by atomic mass is 9.76. The molecular formula is C26H23BO3. The van der Waals surface area contributed by atoms with Gasteiger partial charge in [0.2, 0.25) is 0 Å². The quantitative estimate of drug-likeness (QED) is 0.255. The molecule has 4 heteroatoms. The molecule has 0 spiro atoms. The maximum Gasteiger partial charge on any atom is 0.498 e. The van der Waals surface area contributed by atoms with Crippen LogP contribution in [0.2, 0.25) is 0 Å². The number of fused-ring (bicyclic) bond motifs is 4. The SMILES string of the molecule is CC1(C)OB(c2cccc3c2Oc2cc4ccccc4c4cccc-3c24)OC1(C)C. The van der Waals surface area contributed by atoms with Crippen molar-refractivity contribution >= 4 is 34.1 Å². The zero-order valence-electron chi connectivity index (χ0n) is 17.7. The van der Waals surface area contributed by atoms with Crippen LogP contribution in [0.3, 0.4) is 0 Å². The Morgan fingerprint density at radius 1 is 0.700 bits per heavy atom. The normalized spacial score (nSPS) is 18.5. The molecule has 4 aromatic rings. The van der Waals surface area contributed by atoms with Crippen molar-refractivity contribution in [1.82, 2.24) is 0 Å². The average molecular weight is 394 g/mol. The Kier molecular flexibility index (Phi) is 3.52. The van der Waals surface area contributed by atoms with E-state index in [4.69, 9.17) is 14.0 Å². The van der Waals surface area contributed by atoms with Crippen molar-refractivity contribution in [3.8, 4) is 22.6 Å². The molecule has 2 aliphatic rings. The summed E-state index contributed by atoms with van der Waals surface area (Å²) in [4.78, 5) is 0. The van der Waals surface area contributed by atoms with Gasteiger partial charge in [0.05, 0.1) is 11.2 Å². The predicted octanol–water partition coefficient (Wildman–Crippen LogP) is 6.06. The van der Waals surface area contributed by atoms with E-state index in [1.807, 2.05) is 6.07 Å². The van der Waals surface area contributed by atoms with Crippen molar-refractivity contribution in [3.05, 3.63) is 66.7 Å². The van der Waals surface area contributed by atoms with E-state index in [1.165, 1.54) is 21.7 Å². The summed E-state index contributed by atoms with van der Waals surface area (Å²) in [5, 5.41) is 4.79. The first-order valence-electron chi connectivity index (χ1n) is 10.5. The van der Waals surface area contributed by atoms with Gasteiger partial charge in [0, 0.05) is 16.4 Å². The number of rotatable bonds is 1. The average Bonchev–Trinajstić information content (AvgIpc) is 2.95. The van der Waals surface area contributed by atoms with Gasteiger partial charge < -0.3 is 14.0 Å². The smallest absolute Gasteiger partial charge is 0.456 e. The van der Waals surface area contributed by atoms with Gasteiger partial charge in [-0.15, -0.1) is 0 Å². The summed E-state index contributed by atoms with van der Waals surface area (Å²) in [6.07, 6.45) is 0. The summed E-state index contributed by atoms with van der Waals surface area (Å²) in [5.74, 6) is 1.71. The third-order valence-corrected chi connectivity index (χ3v) is 6.90. The summed E-state index contributed by atoms with van der Waals surface area (Å²) in [6.45, 7) is 8.30. The standard InChI is InChI=1S/C26H23BO3/c1-25(2)26(3,4)30-27(29-25)21-14-8-13-20-19-12-7-11-18-17-10-6-5-9-16(17)15-22(23(18)19)28-24(20)21/h5-15H,1-4H3. The van der Waals surface area contributed by atoms with Gasteiger partial charge in [-0.05, 0) is 55.5 Å². The van der Waals surface area contributed by atoms with Crippen molar-refractivity contribution in [2.75, 3.05) is 0 Å². The summed E-state index contributed by atoms with van der Waals surface area (Å²) < 4.78 is 19.3. The van der Waals surface area contributed by atoms with E-state index in [0.29, 0.717) is 0 Å². The highest BCUT2D eigenvalue weighted by Crippen LogP contribution is 2.48. The van der Waals surface area contributed by atoms with Crippen molar-refractivity contribution in [2.24, 2.45) is 0 Å². The maximum absolute atomic E-state index is 6.58. The Bertz CT molecular complexity index is 1320. The van der Waals surface area contributed by atoms with E-state index in [-0.39, 0.29) is 0 Å². The fraction of sp³-hybridized carbons (Fsp3) is 0.231. The Morgan fingerprint density at radius 3 is 2.17 bits per heavy atom. The lowest BCUT2D eigenvalue weighted by Gasteiger charge is -2.32. The van der Waals surface area contributed by atoms with Crippen LogP contribution >= 0.6 is 0 Å². The largest absolute Gasteiger partial charge is 0.498 e. The first-order chi connectivity index (χ1) is 14.4. The zero-order chi connectivity index (χ0) is 20.7. The number of para-hydroxylation sites is 1. The Morgan fingerprint density at radius 2 is 1.37 bits per heavy atom. The molecule has 1 saturated heterocycles. The molecule has 1 fully saturated rings. The molecule has 0 amide bonds. The van der Waals surface area contributed by atoms with E-state index in [1.54, 1.807) is 0 Å². The molecule has 2 aliphatic heterocycles. The van der Waals surface area contributed by atoms with Crippen molar-refractivity contribution in [1.29, 1.82) is 0 Å². The van der Waals surface area contributed by atoms with Crippen LogP contribution in [0.15, 0.2) is 66.7 Å². The molecule has 148 valence electrons. The topological polar surface area (TPSA) is 27.7 Å². The molecule has 0 N–H and O–H groups in total. The zero-order valence-corrected chi connectivity index (χ0v) is 17.7. The van der Waals surface area contributed by atoms with E-state index < -0.39 is 18.3 Å². The van der Waals surface area contributed by atoms with Crippen LogP contribution in [0.5, 0.6) is 11.5 Å². The van der Waals surface area contributed by atoms with Gasteiger partial charge in [-0.3, -0.25) is 0 Å². The molecule has 0 aliphatic carbocycles. The summed E-state index contributed by atoms with van der Waals surface area (Å²) in [7, 11) is -0.467. The number of hydrogen-bond donors (Lipinski definition) is 0. The second kappa shape index (κ2) is 5.87. The Labute approximate surface area is 176 Å². The fourth-order valence-electron chi connectivity index (χ4n) is 4.58. The lowest BCUT2D eigenvalue weighted by Crippen LogP contribution is -2.41. The Balaban J connectivity index is 1.59. The van der Waals surface area contributed by atoms with Crippen LogP contribution in [-0.2, 0) is 9.31 Å². The first-order valence-corrected chi connectivity index (χ1v) is 10.5. The van der Waals surface area contributed by atoms with Crippen LogP contribution in [-0.4, -0.2) is 18.3 Å².